The van der Waals surface area contributed by atoms with Gasteiger partial charge in [-0.2, -0.15) is 0 Å². The van der Waals surface area contributed by atoms with Crippen LogP contribution in [0.5, 0.6) is 0 Å². The zero-order chi connectivity index (χ0) is 15.9. The molecule has 0 radical (unpaired) electrons. The third kappa shape index (κ3) is 2.58. The van der Waals surface area contributed by atoms with Gasteiger partial charge in [0.15, 0.2) is 0 Å². The topological polar surface area (TPSA) is 110 Å². The summed E-state index contributed by atoms with van der Waals surface area (Å²) in [6.07, 6.45) is 0. The Morgan fingerprint density at radius 2 is 1.95 bits per heavy atom. The molecular weight excluding hydrogens is 276 g/mol. The minimum Gasteiger partial charge on any atom is -0.481 e. The number of amides is 1. The third-order valence-corrected chi connectivity index (χ3v) is 3.98. The molecule has 1 amide bonds. The first kappa shape index (κ1) is 15.0. The number of anilines is 1. The van der Waals surface area contributed by atoms with Crippen molar-refractivity contribution in [2.24, 2.45) is 17.3 Å². The second-order valence-electron chi connectivity index (χ2n) is 5.88. The van der Waals surface area contributed by atoms with Crippen molar-refractivity contribution >= 4 is 23.3 Å². The lowest BCUT2D eigenvalue weighted by Crippen LogP contribution is -2.18. The average Bonchev–Trinajstić information content (AvgIpc) is 2.92. The Hall–Kier alpha value is -2.44. The summed E-state index contributed by atoms with van der Waals surface area (Å²) in [5.41, 5.74) is 0.00555. The first-order valence-corrected chi connectivity index (χ1v) is 6.45. The Labute approximate surface area is 121 Å². The highest BCUT2D eigenvalue weighted by molar-refractivity contribution is 6.01. The van der Waals surface area contributed by atoms with Crippen molar-refractivity contribution in [1.29, 1.82) is 0 Å². The lowest BCUT2D eigenvalue weighted by molar-refractivity contribution is -0.383. The van der Waals surface area contributed by atoms with E-state index in [4.69, 9.17) is 5.11 Å². The maximum Gasteiger partial charge on any atom is 0.307 e. The van der Waals surface area contributed by atoms with Crippen LogP contribution < -0.4 is 5.32 Å². The molecule has 0 bridgehead atoms. The number of hydrogen-bond donors (Lipinski definition) is 2. The number of benzene rings is 1. The van der Waals surface area contributed by atoms with Gasteiger partial charge >= 0.3 is 5.97 Å². The van der Waals surface area contributed by atoms with Gasteiger partial charge in [-0.05, 0) is 24.0 Å². The molecule has 0 heterocycles. The van der Waals surface area contributed by atoms with E-state index in [2.05, 4.69) is 5.32 Å². The Bertz CT molecular complexity index is 638. The molecule has 2 unspecified atom stereocenters. The van der Waals surface area contributed by atoms with Crippen LogP contribution in [0.2, 0.25) is 0 Å². The summed E-state index contributed by atoms with van der Waals surface area (Å²) in [6, 6.07) is 4.40. The molecule has 0 aliphatic heterocycles. The summed E-state index contributed by atoms with van der Waals surface area (Å²) in [5.74, 6) is -2.98. The second kappa shape index (κ2) is 4.83. The van der Waals surface area contributed by atoms with Gasteiger partial charge in [-0.3, -0.25) is 19.7 Å². The molecule has 1 aromatic rings. The van der Waals surface area contributed by atoms with E-state index < -0.39 is 34.1 Å². The molecule has 0 spiro atoms. The molecule has 1 aliphatic rings. The number of carboxylic acid groups (broad SMARTS) is 1. The monoisotopic (exact) mass is 292 g/mol. The number of carbonyl (C=O) groups is 2. The molecule has 2 rings (SSSR count). The molecule has 112 valence electrons. The highest BCUT2D eigenvalue weighted by Gasteiger charge is 2.66. The van der Waals surface area contributed by atoms with E-state index in [0.717, 1.165) is 5.56 Å². The second-order valence-corrected chi connectivity index (χ2v) is 5.88. The number of nitro benzene ring substituents is 1. The number of nitrogens with zero attached hydrogens (tertiary/aromatic N) is 1. The molecule has 1 aliphatic carbocycles. The molecular formula is C14H16N2O5. The number of rotatable bonds is 4. The van der Waals surface area contributed by atoms with Crippen molar-refractivity contribution in [2.45, 2.75) is 20.8 Å². The van der Waals surface area contributed by atoms with E-state index in [-0.39, 0.29) is 11.4 Å². The van der Waals surface area contributed by atoms with E-state index in [1.165, 1.54) is 12.1 Å². The summed E-state index contributed by atoms with van der Waals surface area (Å²) in [7, 11) is 0. The van der Waals surface area contributed by atoms with E-state index in [1.807, 2.05) is 0 Å². The third-order valence-electron chi connectivity index (χ3n) is 3.98. The fourth-order valence-corrected chi connectivity index (χ4v) is 2.71. The summed E-state index contributed by atoms with van der Waals surface area (Å²) in [4.78, 5) is 33.7. The highest BCUT2D eigenvalue weighted by atomic mass is 16.6. The Morgan fingerprint density at radius 3 is 2.43 bits per heavy atom. The van der Waals surface area contributed by atoms with E-state index in [0.29, 0.717) is 0 Å². The van der Waals surface area contributed by atoms with Crippen LogP contribution in [-0.2, 0) is 9.59 Å². The number of hydrogen-bond acceptors (Lipinski definition) is 4. The van der Waals surface area contributed by atoms with Crippen LogP contribution in [0.1, 0.15) is 19.4 Å². The van der Waals surface area contributed by atoms with Crippen molar-refractivity contribution in [3.63, 3.8) is 0 Å². The minimum atomic E-state index is -1.03. The first-order valence-electron chi connectivity index (χ1n) is 6.45. The predicted octanol–water partition coefficient (Wildman–Crippen LogP) is 2.20. The lowest BCUT2D eigenvalue weighted by atomic mass is 10.1. The van der Waals surface area contributed by atoms with E-state index >= 15 is 0 Å². The van der Waals surface area contributed by atoms with E-state index in [9.17, 15) is 19.7 Å². The standard InChI is InChI=1S/C14H16N2O5/c1-7-4-5-9(16(20)21)8(6-7)15-12(17)10-11(13(18)19)14(10,2)3/h4-6,10-11H,1-3H3,(H,15,17)(H,18,19). The van der Waals surface area contributed by atoms with Gasteiger partial charge in [-0.1, -0.05) is 19.9 Å². The molecule has 7 heteroatoms. The minimum absolute atomic E-state index is 0.0943. The maximum absolute atomic E-state index is 12.2. The Morgan fingerprint density at radius 1 is 1.33 bits per heavy atom. The quantitative estimate of drug-likeness (QED) is 0.653. The SMILES string of the molecule is Cc1ccc([N+](=O)[O-])c(NC(=O)C2C(C(=O)O)C2(C)C)c1. The number of aliphatic carboxylic acids is 1. The van der Waals surface area contributed by atoms with Crippen LogP contribution in [0.25, 0.3) is 0 Å². The molecule has 0 aromatic heterocycles. The van der Waals surface area contributed by atoms with Crippen LogP contribution in [0, 0.1) is 34.3 Å². The number of carboxylic acids is 1. The summed E-state index contributed by atoms with van der Waals surface area (Å²) in [5, 5.41) is 22.5. The summed E-state index contributed by atoms with van der Waals surface area (Å²) < 4.78 is 0. The van der Waals surface area contributed by atoms with Gasteiger partial charge in [0, 0.05) is 6.07 Å². The summed E-state index contributed by atoms with van der Waals surface area (Å²) >= 11 is 0. The number of carbonyl (C=O) groups excluding carboxylic acids is 1. The fraction of sp³-hybridized carbons (Fsp3) is 0.429. The van der Waals surface area contributed by atoms with Gasteiger partial charge in [0.05, 0.1) is 16.8 Å². The molecule has 1 saturated carbocycles. The zero-order valence-electron chi connectivity index (χ0n) is 11.9. The van der Waals surface area contributed by atoms with Gasteiger partial charge < -0.3 is 10.4 Å². The molecule has 7 nitrogen and oxygen atoms in total. The van der Waals surface area contributed by atoms with E-state index in [1.54, 1.807) is 26.8 Å². The van der Waals surface area contributed by atoms with Gasteiger partial charge in [0.2, 0.25) is 5.91 Å². The highest BCUT2D eigenvalue weighted by Crippen LogP contribution is 2.58. The van der Waals surface area contributed by atoms with Crippen molar-refractivity contribution < 1.29 is 19.6 Å². The molecule has 1 aromatic carbocycles. The lowest BCUT2D eigenvalue weighted by Gasteiger charge is -2.07. The molecule has 0 saturated heterocycles. The van der Waals surface area contributed by atoms with Crippen LogP contribution in [-0.4, -0.2) is 21.9 Å². The van der Waals surface area contributed by atoms with Crippen LogP contribution in [0.15, 0.2) is 18.2 Å². The zero-order valence-corrected chi connectivity index (χ0v) is 11.9. The number of nitrogens with one attached hydrogen (secondary N) is 1. The van der Waals surface area contributed by atoms with Crippen LogP contribution in [0.3, 0.4) is 0 Å². The predicted molar refractivity (Wildman–Crippen MR) is 74.9 cm³/mol. The molecule has 2 atom stereocenters. The smallest absolute Gasteiger partial charge is 0.307 e. The number of aryl methyl sites for hydroxylation is 1. The Balaban J connectivity index is 2.24. The van der Waals surface area contributed by atoms with Crippen LogP contribution in [0.4, 0.5) is 11.4 Å². The molecule has 21 heavy (non-hydrogen) atoms. The number of nitro groups is 1. The van der Waals surface area contributed by atoms with Crippen molar-refractivity contribution in [3.05, 3.63) is 33.9 Å². The van der Waals surface area contributed by atoms with Crippen molar-refractivity contribution in [2.75, 3.05) is 5.32 Å². The van der Waals surface area contributed by atoms with Crippen molar-refractivity contribution in [1.82, 2.24) is 0 Å². The normalized spacial score (nSPS) is 22.4. The summed E-state index contributed by atoms with van der Waals surface area (Å²) in [6.45, 7) is 5.14. The molecule has 1 fully saturated rings. The maximum atomic E-state index is 12.2. The van der Waals surface area contributed by atoms with Gasteiger partial charge in [-0.25, -0.2) is 0 Å². The first-order chi connectivity index (χ1) is 9.66. The Kier molecular flexibility index (Phi) is 3.44. The van der Waals surface area contributed by atoms with Crippen LogP contribution >= 0.6 is 0 Å². The largest absolute Gasteiger partial charge is 0.481 e. The van der Waals surface area contributed by atoms with Gasteiger partial charge in [-0.15, -0.1) is 0 Å². The van der Waals surface area contributed by atoms with Crippen molar-refractivity contribution in [3.8, 4) is 0 Å². The van der Waals surface area contributed by atoms with Gasteiger partial charge in [0.25, 0.3) is 5.69 Å². The fourth-order valence-electron chi connectivity index (χ4n) is 2.71. The average molecular weight is 292 g/mol. The van der Waals surface area contributed by atoms with Gasteiger partial charge in [0.1, 0.15) is 5.69 Å². The molecule has 2 N–H and O–H groups in total.